The van der Waals surface area contributed by atoms with Crippen molar-refractivity contribution in [3.8, 4) is 10.6 Å². The van der Waals surface area contributed by atoms with Crippen molar-refractivity contribution in [1.29, 1.82) is 0 Å². The first kappa shape index (κ1) is 13.5. The molecule has 0 aliphatic carbocycles. The first-order valence-corrected chi connectivity index (χ1v) is 6.62. The molecule has 0 radical (unpaired) electrons. The van der Waals surface area contributed by atoms with Crippen molar-refractivity contribution in [2.24, 2.45) is 0 Å². The molecule has 0 atom stereocenters. The maximum Gasteiger partial charge on any atom is 0.412 e. The monoisotopic (exact) mass is 277 g/mol. The van der Waals surface area contributed by atoms with E-state index in [0.29, 0.717) is 5.00 Å². The van der Waals surface area contributed by atoms with Crippen LogP contribution in [0.15, 0.2) is 30.7 Å². The van der Waals surface area contributed by atoms with Gasteiger partial charge in [0.1, 0.15) is 15.6 Å². The zero-order chi connectivity index (χ0) is 13.9. The molecule has 1 amide bonds. The number of rotatable bonds is 2. The number of thiazole rings is 1. The molecule has 2 aromatic rings. The lowest BCUT2D eigenvalue weighted by Crippen LogP contribution is -2.26. The van der Waals surface area contributed by atoms with Gasteiger partial charge in [0.05, 0.1) is 6.20 Å². The fraction of sp³-hybridized carbons (Fsp3) is 0.308. The highest BCUT2D eigenvalue weighted by molar-refractivity contribution is 7.19. The van der Waals surface area contributed by atoms with Crippen LogP contribution in [-0.4, -0.2) is 21.7 Å². The number of anilines is 1. The Morgan fingerprint density at radius 3 is 2.63 bits per heavy atom. The second-order valence-corrected chi connectivity index (χ2v) is 5.92. The minimum absolute atomic E-state index is 0.475. The summed E-state index contributed by atoms with van der Waals surface area (Å²) in [5.41, 5.74) is 0.458. The number of nitrogens with one attached hydrogen (secondary N) is 1. The van der Waals surface area contributed by atoms with Gasteiger partial charge >= 0.3 is 6.09 Å². The average molecular weight is 277 g/mol. The van der Waals surface area contributed by atoms with Crippen molar-refractivity contribution >= 4 is 22.4 Å². The first-order chi connectivity index (χ1) is 8.94. The largest absolute Gasteiger partial charge is 0.444 e. The van der Waals surface area contributed by atoms with Crippen molar-refractivity contribution in [1.82, 2.24) is 9.97 Å². The number of aromatic nitrogens is 2. The number of carbonyl (C=O) groups excluding carboxylic acids is 1. The van der Waals surface area contributed by atoms with Crippen molar-refractivity contribution < 1.29 is 9.53 Å². The van der Waals surface area contributed by atoms with E-state index in [-0.39, 0.29) is 0 Å². The zero-order valence-corrected chi connectivity index (χ0v) is 11.8. The van der Waals surface area contributed by atoms with E-state index in [2.05, 4.69) is 15.3 Å². The molecule has 0 saturated carbocycles. The Hall–Kier alpha value is -1.95. The summed E-state index contributed by atoms with van der Waals surface area (Å²) in [6.45, 7) is 5.46. The molecule has 0 bridgehead atoms. The third kappa shape index (κ3) is 4.03. The topological polar surface area (TPSA) is 64.1 Å². The van der Waals surface area contributed by atoms with E-state index >= 15 is 0 Å². The molecule has 2 aromatic heterocycles. The molecule has 1 N–H and O–H groups in total. The molecular weight excluding hydrogens is 262 g/mol. The van der Waals surface area contributed by atoms with E-state index in [0.717, 1.165) is 10.6 Å². The molecule has 2 heterocycles. The number of ether oxygens (including phenoxy) is 1. The van der Waals surface area contributed by atoms with E-state index in [1.807, 2.05) is 32.9 Å². The molecule has 19 heavy (non-hydrogen) atoms. The van der Waals surface area contributed by atoms with Gasteiger partial charge in [-0.25, -0.2) is 9.78 Å². The minimum atomic E-state index is -0.511. The Morgan fingerprint density at radius 1 is 1.32 bits per heavy atom. The van der Waals surface area contributed by atoms with Crippen molar-refractivity contribution in [3.63, 3.8) is 0 Å². The van der Waals surface area contributed by atoms with Gasteiger partial charge in [0.2, 0.25) is 0 Å². The van der Waals surface area contributed by atoms with E-state index in [4.69, 9.17) is 4.74 Å². The van der Waals surface area contributed by atoms with E-state index in [9.17, 15) is 4.79 Å². The van der Waals surface area contributed by atoms with Crippen LogP contribution in [-0.2, 0) is 4.74 Å². The highest BCUT2D eigenvalue weighted by Crippen LogP contribution is 2.28. The summed E-state index contributed by atoms with van der Waals surface area (Å²) < 4.78 is 5.18. The van der Waals surface area contributed by atoms with Crippen LogP contribution in [0, 0.1) is 0 Å². The molecule has 100 valence electrons. The maximum atomic E-state index is 11.6. The molecule has 0 saturated heterocycles. The second-order valence-electron chi connectivity index (χ2n) is 4.89. The van der Waals surface area contributed by atoms with Crippen LogP contribution in [0.3, 0.4) is 0 Å². The molecule has 0 aliphatic heterocycles. The number of nitrogens with zero attached hydrogens (tertiary/aromatic N) is 2. The smallest absolute Gasteiger partial charge is 0.412 e. The standard InChI is InChI=1S/C13H15N3O2S/c1-13(2,3)18-12(17)16-10-8-15-11(19-10)9-4-6-14-7-5-9/h4-8H,1-3H3,(H,16,17). The average Bonchev–Trinajstić information content (AvgIpc) is 2.76. The van der Waals surface area contributed by atoms with Crippen LogP contribution < -0.4 is 5.32 Å². The van der Waals surface area contributed by atoms with Gasteiger partial charge in [0.25, 0.3) is 0 Å². The van der Waals surface area contributed by atoms with E-state index < -0.39 is 11.7 Å². The zero-order valence-electron chi connectivity index (χ0n) is 11.0. The third-order valence-electron chi connectivity index (χ3n) is 2.06. The molecule has 0 aromatic carbocycles. The number of amides is 1. The molecular formula is C13H15N3O2S. The van der Waals surface area contributed by atoms with E-state index in [1.54, 1.807) is 18.6 Å². The lowest BCUT2D eigenvalue weighted by molar-refractivity contribution is 0.0636. The Bertz CT molecular complexity index is 561. The Kier molecular flexibility index (Phi) is 3.80. The van der Waals surface area contributed by atoms with Crippen LogP contribution in [0.25, 0.3) is 10.6 Å². The number of carbonyl (C=O) groups is 1. The molecule has 0 aliphatic rings. The summed E-state index contributed by atoms with van der Waals surface area (Å²) >= 11 is 1.39. The van der Waals surface area contributed by atoms with Gasteiger partial charge in [-0.3, -0.25) is 10.3 Å². The number of pyridine rings is 1. The summed E-state index contributed by atoms with van der Waals surface area (Å²) in [5.74, 6) is 0. The van der Waals surface area contributed by atoms with Gasteiger partial charge in [-0.2, -0.15) is 0 Å². The van der Waals surface area contributed by atoms with Crippen LogP contribution >= 0.6 is 11.3 Å². The van der Waals surface area contributed by atoms with Gasteiger partial charge in [-0.05, 0) is 32.9 Å². The van der Waals surface area contributed by atoms with Gasteiger partial charge in [0, 0.05) is 18.0 Å². The normalized spacial score (nSPS) is 11.1. The summed E-state index contributed by atoms with van der Waals surface area (Å²) in [7, 11) is 0. The highest BCUT2D eigenvalue weighted by atomic mass is 32.1. The lowest BCUT2D eigenvalue weighted by Gasteiger charge is -2.19. The van der Waals surface area contributed by atoms with Crippen LogP contribution in [0.5, 0.6) is 0 Å². The van der Waals surface area contributed by atoms with Crippen molar-refractivity contribution in [3.05, 3.63) is 30.7 Å². The van der Waals surface area contributed by atoms with Gasteiger partial charge in [-0.15, -0.1) is 0 Å². The first-order valence-electron chi connectivity index (χ1n) is 5.80. The summed E-state index contributed by atoms with van der Waals surface area (Å²) in [4.78, 5) is 19.8. The van der Waals surface area contributed by atoms with Gasteiger partial charge in [0.15, 0.2) is 0 Å². The Morgan fingerprint density at radius 2 is 2.00 bits per heavy atom. The molecule has 0 fully saturated rings. The number of hydrogen-bond acceptors (Lipinski definition) is 5. The maximum absolute atomic E-state index is 11.6. The highest BCUT2D eigenvalue weighted by Gasteiger charge is 2.17. The molecule has 0 unspecified atom stereocenters. The van der Waals surface area contributed by atoms with E-state index in [1.165, 1.54) is 11.3 Å². The summed E-state index contributed by atoms with van der Waals surface area (Å²) in [5, 5.41) is 4.15. The minimum Gasteiger partial charge on any atom is -0.444 e. The van der Waals surface area contributed by atoms with Gasteiger partial charge < -0.3 is 4.74 Å². The lowest BCUT2D eigenvalue weighted by atomic mass is 10.2. The SMILES string of the molecule is CC(C)(C)OC(=O)Nc1cnc(-c2ccncc2)s1. The second kappa shape index (κ2) is 5.36. The molecule has 6 heteroatoms. The summed E-state index contributed by atoms with van der Waals surface area (Å²) in [6, 6.07) is 3.74. The predicted octanol–water partition coefficient (Wildman–Crippen LogP) is 3.55. The van der Waals surface area contributed by atoms with Crippen molar-refractivity contribution in [2.45, 2.75) is 26.4 Å². The molecule has 2 rings (SSSR count). The number of hydrogen-bond donors (Lipinski definition) is 1. The Balaban J connectivity index is 2.04. The van der Waals surface area contributed by atoms with Crippen LogP contribution in [0.1, 0.15) is 20.8 Å². The Labute approximate surface area is 115 Å². The van der Waals surface area contributed by atoms with Crippen LogP contribution in [0.4, 0.5) is 9.80 Å². The van der Waals surface area contributed by atoms with Crippen LogP contribution in [0.2, 0.25) is 0 Å². The fourth-order valence-electron chi connectivity index (χ4n) is 1.36. The molecule has 5 nitrogen and oxygen atoms in total. The fourth-order valence-corrected chi connectivity index (χ4v) is 2.17. The quantitative estimate of drug-likeness (QED) is 0.911. The predicted molar refractivity (Wildman–Crippen MR) is 75.2 cm³/mol. The van der Waals surface area contributed by atoms with Gasteiger partial charge in [-0.1, -0.05) is 11.3 Å². The summed E-state index contributed by atoms with van der Waals surface area (Å²) in [6.07, 6.45) is 4.55. The van der Waals surface area contributed by atoms with Crippen molar-refractivity contribution in [2.75, 3.05) is 5.32 Å². The molecule has 0 spiro atoms. The third-order valence-corrected chi connectivity index (χ3v) is 3.02.